The first-order valence-electron chi connectivity index (χ1n) is 21.3. The van der Waals surface area contributed by atoms with E-state index in [0.29, 0.717) is 6.54 Å². The number of nitrogens with zero attached hydrogens (tertiary/aromatic N) is 1. The molecule has 0 spiro atoms. The summed E-state index contributed by atoms with van der Waals surface area (Å²) in [6, 6.07) is 12.9. The quantitative estimate of drug-likeness (QED) is 0.0674. The minimum Gasteiger partial charge on any atom is -0.287 e. The van der Waals surface area contributed by atoms with Crippen LogP contribution in [0.4, 0.5) is 105 Å². The van der Waals surface area contributed by atoms with Crippen molar-refractivity contribution in [3.05, 3.63) is 195 Å². The molecule has 0 N–H and O–H groups in total. The monoisotopic (exact) mass is 1130 g/mol. The van der Waals surface area contributed by atoms with Crippen LogP contribution in [0.25, 0.3) is 10.9 Å². The number of ketones is 1. The van der Waals surface area contributed by atoms with E-state index in [0.717, 1.165) is 22.2 Å². The third kappa shape index (κ3) is 13.1. The van der Waals surface area contributed by atoms with Gasteiger partial charge in [0.2, 0.25) is 17.8 Å². The molecular weight excluding hydrogens is 1100 g/mol. The molecular formula is C50H28BF24NO. The molecule has 0 aliphatic rings. The van der Waals surface area contributed by atoms with Gasteiger partial charge >= 0.3 is 49.4 Å². The fourth-order valence-corrected chi connectivity index (χ4v) is 8.50. The van der Waals surface area contributed by atoms with E-state index in [9.17, 15) is 110 Å². The van der Waals surface area contributed by atoms with E-state index in [1.54, 1.807) is 0 Å². The largest absolute Gasteiger partial charge is 0.416 e. The third-order valence-corrected chi connectivity index (χ3v) is 12.0. The van der Waals surface area contributed by atoms with Crippen LogP contribution in [0.5, 0.6) is 0 Å². The summed E-state index contributed by atoms with van der Waals surface area (Å²) in [6.07, 6.45) is -54.8. The molecule has 2 nitrogen and oxygen atoms in total. The minimum absolute atomic E-state index is 0.134. The molecule has 410 valence electrons. The highest BCUT2D eigenvalue weighted by Gasteiger charge is 2.47. The van der Waals surface area contributed by atoms with E-state index in [-0.39, 0.29) is 5.78 Å². The fraction of sp³-hybridized carbons (Fsp3) is 0.200. The van der Waals surface area contributed by atoms with Crippen LogP contribution >= 0.6 is 0 Å². The highest BCUT2D eigenvalue weighted by Crippen LogP contribution is 2.41. The summed E-state index contributed by atoms with van der Waals surface area (Å²) < 4.78 is 343. The number of para-hydroxylation sites is 1. The van der Waals surface area contributed by atoms with Gasteiger partial charge in [-0.05, 0) is 36.4 Å². The lowest BCUT2D eigenvalue weighted by Crippen LogP contribution is -2.75. The topological polar surface area (TPSA) is 20.9 Å². The summed E-state index contributed by atoms with van der Waals surface area (Å²) in [5.41, 5.74) is -27.3. The molecule has 7 aromatic rings. The van der Waals surface area contributed by atoms with Crippen LogP contribution in [0, 0.1) is 6.92 Å². The molecule has 0 bridgehead atoms. The molecule has 0 saturated heterocycles. The number of aromatic nitrogens is 1. The minimum atomic E-state index is -6.13. The van der Waals surface area contributed by atoms with Gasteiger partial charge in [-0.1, -0.05) is 91.0 Å². The number of halogens is 24. The Morgan fingerprint density at radius 1 is 0.351 bits per heavy atom. The molecule has 1 aromatic heterocycles. The molecule has 7 rings (SSSR count). The van der Waals surface area contributed by atoms with Crippen LogP contribution in [0.2, 0.25) is 0 Å². The van der Waals surface area contributed by atoms with E-state index >= 15 is 0 Å². The second-order valence-electron chi connectivity index (χ2n) is 17.1. The van der Waals surface area contributed by atoms with Crippen LogP contribution in [0.3, 0.4) is 0 Å². The lowest BCUT2D eigenvalue weighted by Gasteiger charge is -2.46. The Morgan fingerprint density at radius 3 is 0.883 bits per heavy atom. The van der Waals surface area contributed by atoms with Gasteiger partial charge in [-0.25, -0.2) is 0 Å². The van der Waals surface area contributed by atoms with Gasteiger partial charge in [0.05, 0.1) is 44.5 Å². The summed E-state index contributed by atoms with van der Waals surface area (Å²) in [6.45, 7) is 2.40. The van der Waals surface area contributed by atoms with Gasteiger partial charge in [-0.15, -0.1) is 0 Å². The molecule has 0 amide bonds. The number of alkyl halides is 24. The number of hydrogen-bond donors (Lipinski definition) is 0. The van der Waals surface area contributed by atoms with Crippen LogP contribution in [0.15, 0.2) is 140 Å². The molecule has 0 aliphatic carbocycles. The summed E-state index contributed by atoms with van der Waals surface area (Å²) in [4.78, 5) is 12.4. The first kappa shape index (κ1) is 59.0. The maximum Gasteiger partial charge on any atom is 0.416 e. The van der Waals surface area contributed by atoms with Gasteiger partial charge in [-0.3, -0.25) is 4.79 Å². The van der Waals surface area contributed by atoms with Crippen molar-refractivity contribution in [3.8, 4) is 0 Å². The lowest BCUT2D eigenvalue weighted by molar-refractivity contribution is -0.663. The molecule has 0 atom stereocenters. The Labute approximate surface area is 417 Å². The first-order chi connectivity index (χ1) is 35.0. The number of Topliss-reactive ketones (excluding diaryl/α,β-unsaturated/α-hetero) is 1. The third-order valence-electron chi connectivity index (χ3n) is 12.0. The predicted molar refractivity (Wildman–Crippen MR) is 230 cm³/mol. The highest BCUT2D eigenvalue weighted by molar-refractivity contribution is 7.20. The average Bonchev–Trinajstić information content (AvgIpc) is 3.30. The Balaban J connectivity index is 0.000000397. The van der Waals surface area contributed by atoms with E-state index < -0.39 is 195 Å². The Morgan fingerprint density at radius 2 is 0.610 bits per heavy atom. The predicted octanol–water partition coefficient (Wildman–Crippen LogP) is 14.5. The molecule has 0 aliphatic heterocycles. The van der Waals surface area contributed by atoms with Gasteiger partial charge in [0, 0.05) is 30.0 Å². The SMILES string of the molecule is Cc1ccc2ccccc2[n+]1CC(=O)c1ccccc1.FC(F)(F)c1cc([B-](c2cc(C(F)(F)F)cc(C(F)(F)F)c2)(c2cc(C(F)(F)F)cc(C(F)(F)F)c2)c2cc(C(F)(F)F)cc(C(F)(F)F)c2)cc(C(F)(F)F)c1. The number of benzene rings is 6. The van der Waals surface area contributed by atoms with Crippen molar-refractivity contribution in [2.24, 2.45) is 0 Å². The zero-order valence-electron chi connectivity index (χ0n) is 38.0. The van der Waals surface area contributed by atoms with Crippen LogP contribution in [0.1, 0.15) is 60.6 Å². The Kier molecular flexibility index (Phi) is 15.6. The number of rotatable bonds is 7. The molecule has 0 saturated carbocycles. The summed E-state index contributed by atoms with van der Waals surface area (Å²) in [5.74, 6) is 0.134. The second-order valence-corrected chi connectivity index (χ2v) is 17.1. The van der Waals surface area contributed by atoms with Crippen molar-refractivity contribution >= 4 is 44.7 Å². The Bertz CT molecular complexity index is 2870. The molecule has 0 unspecified atom stereocenters. The fourth-order valence-electron chi connectivity index (χ4n) is 8.50. The molecule has 77 heavy (non-hydrogen) atoms. The van der Waals surface area contributed by atoms with E-state index in [1.807, 2.05) is 49.4 Å². The van der Waals surface area contributed by atoms with Crippen molar-refractivity contribution in [3.63, 3.8) is 0 Å². The van der Waals surface area contributed by atoms with Gasteiger partial charge in [0.15, 0.2) is 5.69 Å². The van der Waals surface area contributed by atoms with E-state index in [4.69, 9.17) is 0 Å². The highest BCUT2D eigenvalue weighted by atomic mass is 19.4. The Hall–Kier alpha value is -7.22. The standard InChI is InChI=1S/C32H12BF24.C18H16NO/c34-25(35,36)13-1-14(26(37,38)39)6-21(5-13)33(22-7-15(27(40,41)42)2-16(8-22)28(43,44)45,23-9-17(29(46,47)48)3-18(10-23)30(49,50)51)24-11-19(31(52,53)54)4-20(12-24)32(55,56)57;1-14-11-12-15-7-5-6-10-17(15)19(14)13-18(20)16-8-3-2-4-9-16/h1-12H;2-12H,13H2,1H3/q-1;+1. The van der Waals surface area contributed by atoms with Crippen LogP contribution in [-0.2, 0) is 56.0 Å². The molecule has 0 radical (unpaired) electrons. The average molecular weight is 1130 g/mol. The summed E-state index contributed by atoms with van der Waals surface area (Å²) >= 11 is 0. The smallest absolute Gasteiger partial charge is 0.287 e. The number of fused-ring (bicyclic) bond motifs is 1. The number of carbonyl (C=O) groups is 1. The van der Waals surface area contributed by atoms with Crippen molar-refractivity contribution in [2.45, 2.75) is 62.9 Å². The van der Waals surface area contributed by atoms with E-state index in [2.05, 4.69) is 28.8 Å². The van der Waals surface area contributed by atoms with Crippen molar-refractivity contribution < 1.29 is 115 Å². The van der Waals surface area contributed by atoms with Gasteiger partial charge in [-0.2, -0.15) is 132 Å². The normalized spacial score (nSPS) is 13.4. The molecule has 27 heteroatoms. The van der Waals surface area contributed by atoms with Crippen LogP contribution in [-0.4, -0.2) is 11.9 Å². The van der Waals surface area contributed by atoms with Gasteiger partial charge in [0.1, 0.15) is 6.15 Å². The zero-order valence-corrected chi connectivity index (χ0v) is 38.0. The number of pyridine rings is 1. The van der Waals surface area contributed by atoms with Crippen LogP contribution < -0.4 is 26.4 Å². The van der Waals surface area contributed by atoms with Crippen molar-refractivity contribution in [1.82, 2.24) is 0 Å². The second kappa shape index (κ2) is 20.3. The molecule has 6 aromatic carbocycles. The maximum atomic E-state index is 14.2. The van der Waals surface area contributed by atoms with Gasteiger partial charge < -0.3 is 0 Å². The number of aryl methyl sites for hydroxylation is 1. The summed E-state index contributed by atoms with van der Waals surface area (Å²) in [5, 5.41) is 1.15. The maximum absolute atomic E-state index is 14.2. The van der Waals surface area contributed by atoms with E-state index in [1.165, 1.54) is 0 Å². The number of hydrogen-bond acceptors (Lipinski definition) is 1. The first-order valence-corrected chi connectivity index (χ1v) is 21.3. The number of carbonyl (C=O) groups excluding carboxylic acids is 1. The molecule has 1 heterocycles. The summed E-state index contributed by atoms with van der Waals surface area (Å²) in [7, 11) is 0. The zero-order chi connectivity index (χ0) is 57.9. The molecule has 0 fully saturated rings. The van der Waals surface area contributed by atoms with Gasteiger partial charge in [0.25, 0.3) is 0 Å². The lowest BCUT2D eigenvalue weighted by atomic mass is 9.12. The van der Waals surface area contributed by atoms with Crippen molar-refractivity contribution in [1.29, 1.82) is 0 Å². The van der Waals surface area contributed by atoms with Crippen molar-refractivity contribution in [2.75, 3.05) is 0 Å².